The zero-order valence-corrected chi connectivity index (χ0v) is 16.4. The number of aliphatic hydroxyl groups is 1. The van der Waals surface area contributed by atoms with Gasteiger partial charge in [-0.1, -0.05) is 0 Å². The molecule has 1 aliphatic rings. The third kappa shape index (κ3) is 3.99. The summed E-state index contributed by atoms with van der Waals surface area (Å²) in [5.41, 5.74) is 2.70. The highest BCUT2D eigenvalue weighted by atomic mass is 16.5. The molecule has 0 amide bonds. The number of aryl methyl sites for hydroxylation is 1. The normalized spacial score (nSPS) is 12.4. The summed E-state index contributed by atoms with van der Waals surface area (Å²) in [7, 11) is 4.64. The van der Waals surface area contributed by atoms with Gasteiger partial charge in [0.25, 0.3) is 0 Å². The third-order valence-corrected chi connectivity index (χ3v) is 4.21. The second-order valence-electron chi connectivity index (χ2n) is 6.09. The van der Waals surface area contributed by atoms with Gasteiger partial charge >= 0.3 is 0 Å². The molecule has 9 nitrogen and oxygen atoms in total. The number of benzene rings is 1. The van der Waals surface area contributed by atoms with E-state index in [4.69, 9.17) is 14.6 Å². The van der Waals surface area contributed by atoms with Crippen LogP contribution in [0.5, 0.6) is 11.5 Å². The lowest BCUT2D eigenvalue weighted by atomic mass is 10.2. The summed E-state index contributed by atoms with van der Waals surface area (Å²) in [6.45, 7) is 3.40. The summed E-state index contributed by atoms with van der Waals surface area (Å²) in [6, 6.07) is 5.83. The van der Waals surface area contributed by atoms with Crippen LogP contribution in [0, 0.1) is 6.92 Å². The van der Waals surface area contributed by atoms with Crippen LogP contribution in [-0.2, 0) is 0 Å². The molecule has 0 radical (unpaired) electrons. The van der Waals surface area contributed by atoms with E-state index in [0.717, 1.165) is 42.3 Å². The van der Waals surface area contributed by atoms with E-state index in [1.165, 1.54) is 0 Å². The van der Waals surface area contributed by atoms with Crippen LogP contribution in [0.25, 0.3) is 5.69 Å². The fourth-order valence-corrected chi connectivity index (χ4v) is 2.85. The molecule has 0 spiro atoms. The second kappa shape index (κ2) is 8.57. The van der Waals surface area contributed by atoms with E-state index < -0.39 is 0 Å². The number of likely N-dealkylation sites (N-methyl/N-ethyl adjacent to an activating group) is 1. The molecular formula is C19H24N6O3. The highest BCUT2D eigenvalue weighted by molar-refractivity contribution is 5.64. The number of aliphatic hydroxyl groups excluding tert-OH is 1. The molecule has 3 aromatic rings. The van der Waals surface area contributed by atoms with Crippen molar-refractivity contribution in [1.82, 2.24) is 19.5 Å². The molecule has 3 heterocycles. The largest absolute Gasteiger partial charge is 0.494 e. The van der Waals surface area contributed by atoms with Crippen molar-refractivity contribution in [2.75, 3.05) is 44.6 Å². The number of hydrogen-bond acceptors (Lipinski definition) is 8. The van der Waals surface area contributed by atoms with Crippen molar-refractivity contribution in [2.24, 2.45) is 0 Å². The van der Waals surface area contributed by atoms with Crippen LogP contribution >= 0.6 is 0 Å². The number of nitrogens with zero attached hydrogens (tertiary/aromatic N) is 5. The molecule has 2 N–H and O–H groups in total. The maximum atomic E-state index is 7.00. The van der Waals surface area contributed by atoms with Gasteiger partial charge in [0.2, 0.25) is 5.95 Å². The Morgan fingerprint density at radius 3 is 2.79 bits per heavy atom. The Morgan fingerprint density at radius 1 is 1.25 bits per heavy atom. The topological polar surface area (TPSA) is 97.6 Å². The number of hydrogen-bond donors (Lipinski definition) is 2. The van der Waals surface area contributed by atoms with Crippen molar-refractivity contribution in [3.8, 4) is 17.2 Å². The Hall–Kier alpha value is -3.33. The highest BCUT2D eigenvalue weighted by Gasteiger charge is 2.18. The first-order chi connectivity index (χ1) is 13.6. The van der Waals surface area contributed by atoms with Crippen LogP contribution < -0.4 is 19.7 Å². The maximum absolute atomic E-state index is 7.00. The van der Waals surface area contributed by atoms with Gasteiger partial charge in [-0.25, -0.2) is 9.97 Å². The molecule has 1 aromatic carbocycles. The van der Waals surface area contributed by atoms with Crippen LogP contribution in [0.4, 0.5) is 17.5 Å². The number of anilines is 3. The lowest BCUT2D eigenvalue weighted by Crippen LogP contribution is -2.30. The van der Waals surface area contributed by atoms with E-state index in [1.54, 1.807) is 19.6 Å². The molecule has 28 heavy (non-hydrogen) atoms. The Bertz CT molecular complexity index is 943. The predicted molar refractivity (Wildman–Crippen MR) is 107 cm³/mol. The highest BCUT2D eigenvalue weighted by Crippen LogP contribution is 2.31. The van der Waals surface area contributed by atoms with Gasteiger partial charge in [-0.2, -0.15) is 4.98 Å². The molecule has 0 saturated heterocycles. The van der Waals surface area contributed by atoms with Crippen LogP contribution in [0.1, 0.15) is 5.69 Å². The monoisotopic (exact) mass is 384 g/mol. The molecule has 9 heteroatoms. The first-order valence-corrected chi connectivity index (χ1v) is 8.76. The van der Waals surface area contributed by atoms with Gasteiger partial charge in [-0.15, -0.1) is 0 Å². The van der Waals surface area contributed by atoms with Gasteiger partial charge in [0.15, 0.2) is 11.6 Å². The summed E-state index contributed by atoms with van der Waals surface area (Å²) in [4.78, 5) is 15.2. The molecular weight excluding hydrogens is 360 g/mol. The van der Waals surface area contributed by atoms with E-state index >= 15 is 0 Å². The van der Waals surface area contributed by atoms with E-state index in [1.807, 2.05) is 42.9 Å². The van der Waals surface area contributed by atoms with Crippen LogP contribution in [-0.4, -0.2) is 59.0 Å². The van der Waals surface area contributed by atoms with Gasteiger partial charge < -0.3 is 29.4 Å². The van der Waals surface area contributed by atoms with Gasteiger partial charge in [-0.05, 0) is 19.1 Å². The maximum Gasteiger partial charge on any atom is 0.229 e. The molecule has 2 aromatic heterocycles. The predicted octanol–water partition coefficient (Wildman–Crippen LogP) is 2.16. The van der Waals surface area contributed by atoms with Gasteiger partial charge in [0.1, 0.15) is 12.4 Å². The van der Waals surface area contributed by atoms with Crippen molar-refractivity contribution in [3.63, 3.8) is 0 Å². The number of imidazole rings is 1. The van der Waals surface area contributed by atoms with Crippen molar-refractivity contribution in [2.45, 2.75) is 6.92 Å². The number of rotatable bonds is 4. The van der Waals surface area contributed by atoms with E-state index in [9.17, 15) is 0 Å². The second-order valence-corrected chi connectivity index (χ2v) is 6.09. The number of aromatic nitrogens is 4. The Balaban J connectivity index is 0.00000109. The average molecular weight is 384 g/mol. The summed E-state index contributed by atoms with van der Waals surface area (Å²) in [5, 5.41) is 10.2. The standard InChI is InChI=1S/C18H20N6O2.CH4O/c1-12-10-24(11-20-12)14-5-4-13(8-15(14)25-3)21-18-19-9-16-17(22-18)23(2)6-7-26-16;1-2/h4-5,8-11H,6-7H2,1-3H3,(H,19,21,22);2H,1H3. The summed E-state index contributed by atoms with van der Waals surface area (Å²) in [5.74, 6) is 2.72. The van der Waals surface area contributed by atoms with Gasteiger partial charge in [0.05, 0.1) is 37.6 Å². The Labute approximate surface area is 163 Å². The fourth-order valence-electron chi connectivity index (χ4n) is 2.85. The Morgan fingerprint density at radius 2 is 2.07 bits per heavy atom. The molecule has 0 bridgehead atoms. The van der Waals surface area contributed by atoms with Gasteiger partial charge in [0, 0.05) is 32.1 Å². The van der Waals surface area contributed by atoms with E-state index in [-0.39, 0.29) is 0 Å². The zero-order chi connectivity index (χ0) is 20.1. The van der Waals surface area contributed by atoms with Crippen molar-refractivity contribution in [3.05, 3.63) is 42.6 Å². The molecule has 1 aliphatic heterocycles. The molecule has 0 saturated carbocycles. The first-order valence-electron chi connectivity index (χ1n) is 8.76. The minimum atomic E-state index is 0.509. The molecule has 148 valence electrons. The van der Waals surface area contributed by atoms with Crippen LogP contribution in [0.3, 0.4) is 0 Å². The Kier molecular flexibility index (Phi) is 5.95. The molecule has 0 aliphatic carbocycles. The number of methoxy groups -OCH3 is 1. The lowest BCUT2D eigenvalue weighted by Gasteiger charge is -2.26. The SMILES string of the molecule is CO.COc1cc(Nc2ncc3c(n2)N(C)CCO3)ccc1-n1cnc(C)c1. The quantitative estimate of drug-likeness (QED) is 0.706. The zero-order valence-electron chi connectivity index (χ0n) is 16.4. The average Bonchev–Trinajstić information content (AvgIpc) is 3.16. The van der Waals surface area contributed by atoms with Crippen molar-refractivity contribution < 1.29 is 14.6 Å². The molecule has 0 unspecified atom stereocenters. The summed E-state index contributed by atoms with van der Waals surface area (Å²) >= 11 is 0. The number of fused-ring (bicyclic) bond motifs is 1. The third-order valence-electron chi connectivity index (χ3n) is 4.21. The number of nitrogens with one attached hydrogen (secondary N) is 1. The lowest BCUT2D eigenvalue weighted by molar-refractivity contribution is 0.307. The van der Waals surface area contributed by atoms with E-state index in [2.05, 4.69) is 25.2 Å². The van der Waals surface area contributed by atoms with Gasteiger partial charge in [-0.3, -0.25) is 0 Å². The number of ether oxygens (including phenoxy) is 2. The summed E-state index contributed by atoms with van der Waals surface area (Å²) in [6.07, 6.45) is 5.41. The van der Waals surface area contributed by atoms with Crippen LogP contribution in [0.2, 0.25) is 0 Å². The van der Waals surface area contributed by atoms with Crippen LogP contribution in [0.15, 0.2) is 36.9 Å². The molecule has 0 atom stereocenters. The first kappa shape index (κ1) is 19.4. The molecule has 4 rings (SSSR count). The summed E-state index contributed by atoms with van der Waals surface area (Å²) < 4.78 is 13.0. The smallest absolute Gasteiger partial charge is 0.229 e. The van der Waals surface area contributed by atoms with Crippen molar-refractivity contribution in [1.29, 1.82) is 0 Å². The fraction of sp³-hybridized carbons (Fsp3) is 0.316. The molecule has 0 fully saturated rings. The van der Waals surface area contributed by atoms with Crippen molar-refractivity contribution >= 4 is 17.5 Å². The van der Waals surface area contributed by atoms with E-state index in [0.29, 0.717) is 18.3 Å². The minimum Gasteiger partial charge on any atom is -0.494 e. The minimum absolute atomic E-state index is 0.509.